The van der Waals surface area contributed by atoms with Gasteiger partial charge in [-0.15, -0.1) is 11.3 Å². The van der Waals surface area contributed by atoms with E-state index < -0.39 is 5.97 Å². The summed E-state index contributed by atoms with van der Waals surface area (Å²) in [6.07, 6.45) is 1.95. The molecule has 2 aromatic rings. The Bertz CT molecular complexity index is 743. The molecule has 8 heteroatoms. The number of aromatic nitrogens is 1. The van der Waals surface area contributed by atoms with E-state index in [4.69, 9.17) is 11.6 Å². The number of thiazole rings is 1. The molecule has 0 aliphatic heterocycles. The van der Waals surface area contributed by atoms with Gasteiger partial charge < -0.3 is 15.0 Å². The predicted molar refractivity (Wildman–Crippen MR) is 92.5 cm³/mol. The van der Waals surface area contributed by atoms with Crippen molar-refractivity contribution in [1.82, 2.24) is 9.88 Å². The van der Waals surface area contributed by atoms with Gasteiger partial charge in [0.25, 0.3) is 0 Å². The number of hydrogen-bond acceptors (Lipinski definition) is 5. The Morgan fingerprint density at radius 1 is 1.38 bits per heavy atom. The zero-order chi connectivity index (χ0) is 17.1. The summed E-state index contributed by atoms with van der Waals surface area (Å²) in [6, 6.07) is 6.98. The van der Waals surface area contributed by atoms with Gasteiger partial charge in [0.15, 0.2) is 5.69 Å². The first-order valence-corrected chi connectivity index (χ1v) is 8.68. The van der Waals surface area contributed by atoms with E-state index in [1.54, 1.807) is 34.5 Å². The first-order chi connectivity index (χ1) is 11.6. The van der Waals surface area contributed by atoms with Crippen LogP contribution in [0.3, 0.4) is 0 Å². The summed E-state index contributed by atoms with van der Waals surface area (Å²) in [5.74, 6) is -0.471. The van der Waals surface area contributed by atoms with E-state index in [2.05, 4.69) is 15.0 Å². The second kappa shape index (κ2) is 7.19. The third-order valence-corrected chi connectivity index (χ3v) is 4.68. The van der Waals surface area contributed by atoms with Crippen LogP contribution in [0.4, 0.5) is 10.5 Å². The van der Waals surface area contributed by atoms with Gasteiger partial charge in [0.2, 0.25) is 0 Å². The molecule has 2 amide bonds. The van der Waals surface area contributed by atoms with Crippen molar-refractivity contribution in [1.29, 1.82) is 0 Å². The average molecular weight is 366 g/mol. The van der Waals surface area contributed by atoms with Crippen LogP contribution in [-0.2, 0) is 11.3 Å². The van der Waals surface area contributed by atoms with Crippen LogP contribution >= 0.6 is 22.9 Å². The third-order valence-electron chi connectivity index (χ3n) is 3.60. The molecule has 0 spiro atoms. The number of methoxy groups -OCH3 is 1. The number of halogens is 1. The van der Waals surface area contributed by atoms with E-state index in [0.29, 0.717) is 22.3 Å². The second-order valence-electron chi connectivity index (χ2n) is 5.41. The molecule has 24 heavy (non-hydrogen) atoms. The number of carbonyl (C=O) groups excluding carboxylic acids is 2. The maximum Gasteiger partial charge on any atom is 0.357 e. The number of amides is 2. The van der Waals surface area contributed by atoms with Crippen LogP contribution in [0.15, 0.2) is 29.6 Å². The minimum Gasteiger partial charge on any atom is -0.464 e. The Hall–Kier alpha value is -2.12. The predicted octanol–water partition coefficient (Wildman–Crippen LogP) is 3.78. The van der Waals surface area contributed by atoms with E-state index in [0.717, 1.165) is 12.8 Å². The lowest BCUT2D eigenvalue weighted by atomic mass is 10.3. The smallest absolute Gasteiger partial charge is 0.357 e. The second-order valence-corrected chi connectivity index (χ2v) is 6.79. The molecule has 6 nitrogen and oxygen atoms in total. The molecular weight excluding hydrogens is 350 g/mol. The number of rotatable bonds is 5. The van der Waals surface area contributed by atoms with Crippen LogP contribution in [0.25, 0.3) is 0 Å². The maximum absolute atomic E-state index is 12.5. The molecule has 126 valence electrons. The fraction of sp³-hybridized carbons (Fsp3) is 0.312. The Balaban J connectivity index is 1.68. The largest absolute Gasteiger partial charge is 0.464 e. The Morgan fingerprint density at radius 3 is 2.71 bits per heavy atom. The molecule has 1 aromatic heterocycles. The van der Waals surface area contributed by atoms with Gasteiger partial charge in [-0.05, 0) is 37.1 Å². The molecule has 1 aliphatic carbocycles. The standard InChI is InChI=1S/C16H16ClN3O3S/c1-23-15(21)13-9-24-14(19-13)8-20(12-6-7-12)16(22)18-11-4-2-10(17)3-5-11/h2-5,9,12H,6-8H2,1H3,(H,18,22). The summed E-state index contributed by atoms with van der Waals surface area (Å²) < 4.78 is 4.65. The highest BCUT2D eigenvalue weighted by Gasteiger charge is 2.33. The van der Waals surface area contributed by atoms with Crippen molar-refractivity contribution in [3.8, 4) is 0 Å². The molecule has 1 heterocycles. The van der Waals surface area contributed by atoms with Crippen LogP contribution in [0.1, 0.15) is 28.3 Å². The Kier molecular flexibility index (Phi) is 5.01. The van der Waals surface area contributed by atoms with Crippen LogP contribution in [0, 0.1) is 0 Å². The molecule has 1 N–H and O–H groups in total. The quantitative estimate of drug-likeness (QED) is 0.818. The lowest BCUT2D eigenvalue weighted by molar-refractivity contribution is 0.0594. The highest BCUT2D eigenvalue weighted by atomic mass is 35.5. The van der Waals surface area contributed by atoms with Crippen LogP contribution < -0.4 is 5.32 Å². The molecule has 1 saturated carbocycles. The molecule has 3 rings (SSSR count). The van der Waals surface area contributed by atoms with Crippen molar-refractivity contribution < 1.29 is 14.3 Å². The lowest BCUT2D eigenvalue weighted by Crippen LogP contribution is -2.36. The first kappa shape index (κ1) is 16.7. The average Bonchev–Trinajstić information content (AvgIpc) is 3.31. The number of nitrogens with zero attached hydrogens (tertiary/aromatic N) is 2. The van der Waals surface area contributed by atoms with Gasteiger partial charge in [-0.2, -0.15) is 0 Å². The van der Waals surface area contributed by atoms with E-state index in [1.807, 2.05) is 0 Å². The molecule has 0 bridgehead atoms. The van der Waals surface area contributed by atoms with Gasteiger partial charge in [0, 0.05) is 22.1 Å². The van der Waals surface area contributed by atoms with Crippen molar-refractivity contribution in [2.24, 2.45) is 0 Å². The van der Waals surface area contributed by atoms with Crippen molar-refractivity contribution in [3.63, 3.8) is 0 Å². The van der Waals surface area contributed by atoms with Crippen LogP contribution in [-0.4, -0.2) is 35.0 Å². The first-order valence-electron chi connectivity index (χ1n) is 7.42. The van der Waals surface area contributed by atoms with Crippen LogP contribution in [0.2, 0.25) is 5.02 Å². The highest BCUT2D eigenvalue weighted by Crippen LogP contribution is 2.29. The summed E-state index contributed by atoms with van der Waals surface area (Å²) >= 11 is 7.19. The van der Waals surface area contributed by atoms with Crippen molar-refractivity contribution in [3.05, 3.63) is 45.4 Å². The number of benzene rings is 1. The summed E-state index contributed by atoms with van der Waals surface area (Å²) in [6.45, 7) is 0.367. The Morgan fingerprint density at radius 2 is 2.08 bits per heavy atom. The number of esters is 1. The molecule has 0 saturated heterocycles. The van der Waals surface area contributed by atoms with Gasteiger partial charge in [-0.3, -0.25) is 0 Å². The van der Waals surface area contributed by atoms with Crippen molar-refractivity contribution in [2.75, 3.05) is 12.4 Å². The van der Waals surface area contributed by atoms with Gasteiger partial charge in [-0.1, -0.05) is 11.6 Å². The number of urea groups is 1. The van der Waals surface area contributed by atoms with E-state index >= 15 is 0 Å². The number of hydrogen-bond donors (Lipinski definition) is 1. The summed E-state index contributed by atoms with van der Waals surface area (Å²) in [5.41, 5.74) is 0.954. The maximum atomic E-state index is 12.5. The Labute approximate surface area is 148 Å². The van der Waals surface area contributed by atoms with Crippen molar-refractivity contribution >= 4 is 40.6 Å². The topological polar surface area (TPSA) is 71.5 Å². The molecule has 1 aromatic carbocycles. The summed E-state index contributed by atoms with van der Waals surface area (Å²) in [5, 5.41) is 5.83. The van der Waals surface area contributed by atoms with Gasteiger partial charge in [-0.25, -0.2) is 14.6 Å². The molecule has 1 fully saturated rings. The van der Waals surface area contributed by atoms with E-state index in [9.17, 15) is 9.59 Å². The zero-order valence-electron chi connectivity index (χ0n) is 13.0. The fourth-order valence-electron chi connectivity index (χ4n) is 2.21. The lowest BCUT2D eigenvalue weighted by Gasteiger charge is -2.21. The number of carbonyl (C=O) groups is 2. The third kappa shape index (κ3) is 4.04. The van der Waals surface area contributed by atoms with E-state index in [1.165, 1.54) is 18.4 Å². The minimum absolute atomic E-state index is 0.186. The van der Waals surface area contributed by atoms with Gasteiger partial charge in [0.05, 0.1) is 13.7 Å². The molecule has 1 aliphatic rings. The molecular formula is C16H16ClN3O3S. The SMILES string of the molecule is COC(=O)c1csc(CN(C(=O)Nc2ccc(Cl)cc2)C2CC2)n1. The highest BCUT2D eigenvalue weighted by molar-refractivity contribution is 7.09. The van der Waals surface area contributed by atoms with E-state index in [-0.39, 0.29) is 17.8 Å². The molecule has 0 unspecified atom stereocenters. The van der Waals surface area contributed by atoms with Crippen molar-refractivity contribution in [2.45, 2.75) is 25.4 Å². The number of anilines is 1. The molecule has 0 radical (unpaired) electrons. The van der Waals surface area contributed by atoms with Gasteiger partial charge >= 0.3 is 12.0 Å². The number of ether oxygens (including phenoxy) is 1. The normalized spacial score (nSPS) is 13.4. The number of nitrogens with one attached hydrogen (secondary N) is 1. The summed E-state index contributed by atoms with van der Waals surface area (Å²) in [7, 11) is 1.32. The monoisotopic (exact) mass is 365 g/mol. The summed E-state index contributed by atoms with van der Waals surface area (Å²) in [4.78, 5) is 30.0. The minimum atomic E-state index is -0.471. The zero-order valence-corrected chi connectivity index (χ0v) is 14.6. The van der Waals surface area contributed by atoms with Crippen LogP contribution in [0.5, 0.6) is 0 Å². The van der Waals surface area contributed by atoms with Gasteiger partial charge in [0.1, 0.15) is 5.01 Å². The molecule has 0 atom stereocenters. The fourth-order valence-corrected chi connectivity index (χ4v) is 3.10.